The fraction of sp³-hybridized carbons (Fsp3) is 0.560. The molecule has 0 unspecified atom stereocenters. The van der Waals surface area contributed by atoms with Crippen molar-refractivity contribution in [3.8, 4) is 0 Å². The summed E-state index contributed by atoms with van der Waals surface area (Å²) in [4.78, 5) is 29.1. The molecule has 8 nitrogen and oxygen atoms in total. The first-order valence-electron chi connectivity index (χ1n) is 12.2. The topological polar surface area (TPSA) is 86.7 Å². The summed E-state index contributed by atoms with van der Waals surface area (Å²) < 4.78 is 24.6. The van der Waals surface area contributed by atoms with Gasteiger partial charge in [0.1, 0.15) is 5.82 Å². The predicted octanol–water partition coefficient (Wildman–Crippen LogP) is 2.85. The molecule has 2 fully saturated rings. The van der Waals surface area contributed by atoms with Gasteiger partial charge in [-0.05, 0) is 57.7 Å². The Morgan fingerprint density at radius 3 is 2.18 bits per heavy atom. The van der Waals surface area contributed by atoms with Crippen molar-refractivity contribution in [2.24, 2.45) is 0 Å². The average Bonchev–Trinajstić information content (AvgIpc) is 2.84. The molecule has 2 aliphatic rings. The number of nitrogens with zero attached hydrogens (tertiary/aromatic N) is 5. The van der Waals surface area contributed by atoms with Crippen molar-refractivity contribution >= 4 is 27.5 Å². The van der Waals surface area contributed by atoms with Crippen LogP contribution in [0.5, 0.6) is 0 Å². The lowest BCUT2D eigenvalue weighted by Crippen LogP contribution is -2.49. The van der Waals surface area contributed by atoms with E-state index in [2.05, 4.69) is 20.9 Å². The van der Waals surface area contributed by atoms with E-state index in [9.17, 15) is 13.2 Å². The molecule has 2 aromatic rings. The molecule has 0 aliphatic carbocycles. The number of piperazine rings is 1. The third-order valence-electron chi connectivity index (χ3n) is 6.65. The second-order valence-corrected chi connectivity index (χ2v) is 12.0. The van der Waals surface area contributed by atoms with E-state index >= 15 is 0 Å². The van der Waals surface area contributed by atoms with Crippen LogP contribution in [0.1, 0.15) is 44.4 Å². The summed E-state index contributed by atoms with van der Waals surface area (Å²) in [6.45, 7) is 10.1. The Balaban J connectivity index is 1.35. The second kappa shape index (κ2) is 10.3. The number of aryl methyl sites for hydroxylation is 1. The number of sulfone groups is 1. The average molecular weight is 486 g/mol. The van der Waals surface area contributed by atoms with Gasteiger partial charge >= 0.3 is 0 Å². The van der Waals surface area contributed by atoms with Crippen molar-refractivity contribution in [1.29, 1.82) is 0 Å². The first-order valence-corrected chi connectivity index (χ1v) is 13.7. The quantitative estimate of drug-likeness (QED) is 0.622. The SMILES string of the molecule is Cc1cc(N2CCCCC2)nc(N2CCN(C(=O)Cc3ccc(S(=O)(=O)C(C)C)cc3)CC2)n1. The Bertz CT molecular complexity index is 1100. The van der Waals surface area contributed by atoms with Crippen LogP contribution in [0.15, 0.2) is 35.2 Å². The molecule has 0 radical (unpaired) electrons. The van der Waals surface area contributed by atoms with Crippen LogP contribution in [0, 0.1) is 6.92 Å². The van der Waals surface area contributed by atoms with E-state index in [0.717, 1.165) is 36.1 Å². The molecule has 1 amide bonds. The number of hydrogen-bond acceptors (Lipinski definition) is 7. The van der Waals surface area contributed by atoms with Gasteiger partial charge in [0.2, 0.25) is 11.9 Å². The van der Waals surface area contributed by atoms with Crippen LogP contribution in [-0.2, 0) is 21.1 Å². The lowest BCUT2D eigenvalue weighted by molar-refractivity contribution is -0.130. The highest BCUT2D eigenvalue weighted by molar-refractivity contribution is 7.92. The smallest absolute Gasteiger partial charge is 0.227 e. The number of carbonyl (C=O) groups excluding carboxylic acids is 1. The minimum Gasteiger partial charge on any atom is -0.356 e. The number of piperidine rings is 1. The van der Waals surface area contributed by atoms with E-state index in [-0.39, 0.29) is 12.3 Å². The minimum atomic E-state index is -3.30. The standard InChI is InChI=1S/C25H35N5O3S/c1-19(2)34(32,33)22-9-7-21(8-10-22)18-24(31)29-13-15-30(16-14-29)25-26-20(3)17-23(27-25)28-11-5-4-6-12-28/h7-10,17,19H,4-6,11-16,18H2,1-3H3. The van der Waals surface area contributed by atoms with Gasteiger partial charge in [0.25, 0.3) is 0 Å². The molecule has 1 aromatic heterocycles. The first-order chi connectivity index (χ1) is 16.2. The molecule has 4 rings (SSSR count). The minimum absolute atomic E-state index is 0.0540. The number of hydrogen-bond donors (Lipinski definition) is 0. The summed E-state index contributed by atoms with van der Waals surface area (Å²) in [7, 11) is -3.30. The van der Waals surface area contributed by atoms with E-state index in [1.807, 2.05) is 11.8 Å². The van der Waals surface area contributed by atoms with E-state index in [1.54, 1.807) is 38.1 Å². The molecule has 0 saturated carbocycles. The summed E-state index contributed by atoms with van der Waals surface area (Å²) in [5, 5.41) is -0.468. The highest BCUT2D eigenvalue weighted by Gasteiger charge is 2.24. The molecule has 0 bridgehead atoms. The number of anilines is 2. The fourth-order valence-corrected chi connectivity index (χ4v) is 5.53. The van der Waals surface area contributed by atoms with Gasteiger partial charge in [-0.1, -0.05) is 12.1 Å². The van der Waals surface area contributed by atoms with Crippen molar-refractivity contribution in [3.63, 3.8) is 0 Å². The summed E-state index contributed by atoms with van der Waals surface area (Å²) in [6, 6.07) is 8.75. The monoisotopic (exact) mass is 485 g/mol. The van der Waals surface area contributed by atoms with Crippen molar-refractivity contribution in [2.75, 3.05) is 49.1 Å². The molecule has 3 heterocycles. The third kappa shape index (κ3) is 5.51. The normalized spacial score (nSPS) is 17.4. The Morgan fingerprint density at radius 1 is 0.912 bits per heavy atom. The van der Waals surface area contributed by atoms with Gasteiger partial charge in [-0.25, -0.2) is 13.4 Å². The van der Waals surface area contributed by atoms with E-state index in [1.165, 1.54) is 19.3 Å². The van der Waals surface area contributed by atoms with Gasteiger partial charge in [0, 0.05) is 51.0 Å². The molecule has 0 atom stereocenters. The third-order valence-corrected chi connectivity index (χ3v) is 8.82. The Hall–Kier alpha value is -2.68. The molecule has 34 heavy (non-hydrogen) atoms. The maximum Gasteiger partial charge on any atom is 0.227 e. The Morgan fingerprint density at radius 2 is 1.56 bits per heavy atom. The fourth-order valence-electron chi connectivity index (χ4n) is 4.47. The van der Waals surface area contributed by atoms with Crippen molar-refractivity contribution in [2.45, 2.75) is 56.6 Å². The van der Waals surface area contributed by atoms with Gasteiger partial charge in [0.15, 0.2) is 9.84 Å². The number of rotatable bonds is 6. The van der Waals surface area contributed by atoms with Gasteiger partial charge in [-0.2, -0.15) is 4.98 Å². The van der Waals surface area contributed by atoms with Crippen molar-refractivity contribution < 1.29 is 13.2 Å². The largest absolute Gasteiger partial charge is 0.356 e. The van der Waals surface area contributed by atoms with E-state index in [4.69, 9.17) is 4.98 Å². The van der Waals surface area contributed by atoms with Gasteiger partial charge in [-0.15, -0.1) is 0 Å². The second-order valence-electron chi connectivity index (χ2n) is 9.50. The van der Waals surface area contributed by atoms with Crippen LogP contribution in [0.25, 0.3) is 0 Å². The molecule has 9 heteroatoms. The zero-order valence-electron chi connectivity index (χ0n) is 20.4. The molecular formula is C25H35N5O3S. The van der Waals surface area contributed by atoms with Gasteiger partial charge < -0.3 is 14.7 Å². The van der Waals surface area contributed by atoms with Crippen LogP contribution in [0.4, 0.5) is 11.8 Å². The zero-order chi connectivity index (χ0) is 24.3. The van der Waals surface area contributed by atoms with Crippen LogP contribution < -0.4 is 9.80 Å². The number of amides is 1. The summed E-state index contributed by atoms with van der Waals surface area (Å²) in [5.74, 6) is 1.80. The highest BCUT2D eigenvalue weighted by atomic mass is 32.2. The Labute approximate surface area is 202 Å². The summed E-state index contributed by atoms with van der Waals surface area (Å²) in [6.07, 6.45) is 3.96. The molecule has 0 N–H and O–H groups in total. The summed E-state index contributed by atoms with van der Waals surface area (Å²) >= 11 is 0. The number of aromatic nitrogens is 2. The molecule has 1 aromatic carbocycles. The molecule has 0 spiro atoms. The van der Waals surface area contributed by atoms with Gasteiger partial charge in [-0.3, -0.25) is 4.79 Å². The zero-order valence-corrected chi connectivity index (χ0v) is 21.2. The van der Waals surface area contributed by atoms with Crippen molar-refractivity contribution in [3.05, 3.63) is 41.6 Å². The summed E-state index contributed by atoms with van der Waals surface area (Å²) in [5.41, 5.74) is 1.79. The van der Waals surface area contributed by atoms with Crippen LogP contribution in [-0.4, -0.2) is 73.7 Å². The molecule has 184 valence electrons. The maximum absolute atomic E-state index is 12.9. The van der Waals surface area contributed by atoms with Crippen LogP contribution in [0.2, 0.25) is 0 Å². The van der Waals surface area contributed by atoms with Gasteiger partial charge in [0.05, 0.1) is 16.6 Å². The predicted molar refractivity (Wildman–Crippen MR) is 134 cm³/mol. The van der Waals surface area contributed by atoms with Crippen molar-refractivity contribution in [1.82, 2.24) is 14.9 Å². The number of benzene rings is 1. The van der Waals surface area contributed by atoms with Crippen LogP contribution in [0.3, 0.4) is 0 Å². The molecule has 2 aliphatic heterocycles. The first kappa shape index (κ1) is 24.4. The lowest BCUT2D eigenvalue weighted by Gasteiger charge is -2.35. The highest BCUT2D eigenvalue weighted by Crippen LogP contribution is 2.22. The molecule has 2 saturated heterocycles. The number of carbonyl (C=O) groups is 1. The van der Waals surface area contributed by atoms with Crippen LogP contribution >= 0.6 is 0 Å². The van der Waals surface area contributed by atoms with E-state index in [0.29, 0.717) is 31.1 Å². The molecular weight excluding hydrogens is 450 g/mol. The lowest BCUT2D eigenvalue weighted by atomic mass is 10.1. The maximum atomic E-state index is 12.9. The Kier molecular flexibility index (Phi) is 7.40. The van der Waals surface area contributed by atoms with E-state index < -0.39 is 15.1 Å².